The predicted octanol–water partition coefficient (Wildman–Crippen LogP) is 3.24. The average molecular weight is 383 g/mol. The van der Waals surface area contributed by atoms with Gasteiger partial charge in [0.2, 0.25) is 5.82 Å². The maximum atomic E-state index is 13.5. The van der Waals surface area contributed by atoms with Crippen LogP contribution in [0.5, 0.6) is 0 Å². The van der Waals surface area contributed by atoms with Gasteiger partial charge in [-0.2, -0.15) is 0 Å². The van der Waals surface area contributed by atoms with E-state index < -0.39 is 0 Å². The van der Waals surface area contributed by atoms with Crippen LogP contribution in [0, 0.1) is 5.82 Å². The highest BCUT2D eigenvalue weighted by Crippen LogP contribution is 2.34. The minimum atomic E-state index is -0.264. The number of aromatic amines is 1. The van der Waals surface area contributed by atoms with E-state index in [-0.39, 0.29) is 29.0 Å². The summed E-state index contributed by atoms with van der Waals surface area (Å²) >= 11 is 1.53. The fourth-order valence-electron chi connectivity index (χ4n) is 4.23. The molecule has 1 saturated heterocycles. The lowest BCUT2D eigenvalue weighted by Gasteiger charge is -2.16. The number of amides is 1. The molecule has 1 N–H and O–H groups in total. The van der Waals surface area contributed by atoms with Gasteiger partial charge >= 0.3 is 0 Å². The molecule has 1 aromatic carbocycles. The molecule has 2 aliphatic rings. The summed E-state index contributed by atoms with van der Waals surface area (Å²) in [6.45, 7) is 1.08. The first kappa shape index (κ1) is 16.6. The van der Waals surface area contributed by atoms with Crippen molar-refractivity contribution in [3.8, 4) is 0 Å². The van der Waals surface area contributed by atoms with Gasteiger partial charge in [0.1, 0.15) is 10.6 Å². The average Bonchev–Trinajstić information content (AvgIpc) is 3.36. The molecule has 0 bridgehead atoms. The molecule has 7 heteroatoms. The number of halogens is 1. The molecule has 0 saturated carbocycles. The van der Waals surface area contributed by atoms with Crippen molar-refractivity contribution in [3.63, 3.8) is 0 Å². The molecule has 3 aromatic rings. The molecule has 5 rings (SSSR count). The number of nitrogens with zero attached hydrogens (tertiary/aromatic N) is 2. The number of likely N-dealkylation sites (tertiary alicyclic amines) is 1. The van der Waals surface area contributed by atoms with Crippen molar-refractivity contribution < 1.29 is 9.18 Å². The number of thiophene rings is 1. The summed E-state index contributed by atoms with van der Waals surface area (Å²) in [6, 6.07) is 6.53. The van der Waals surface area contributed by atoms with E-state index >= 15 is 0 Å². The van der Waals surface area contributed by atoms with Crippen LogP contribution >= 0.6 is 11.3 Å². The van der Waals surface area contributed by atoms with Crippen LogP contribution in [-0.2, 0) is 12.8 Å². The van der Waals surface area contributed by atoms with Crippen molar-refractivity contribution in [1.82, 2.24) is 14.9 Å². The van der Waals surface area contributed by atoms with Crippen LogP contribution in [0.15, 0.2) is 29.1 Å². The number of rotatable bonds is 2. The Balaban J connectivity index is 1.42. The zero-order chi connectivity index (χ0) is 18.5. The second-order valence-electron chi connectivity index (χ2n) is 7.24. The highest BCUT2D eigenvalue weighted by atomic mass is 32.1. The molecule has 1 unspecified atom stereocenters. The molecule has 2 aromatic heterocycles. The highest BCUT2D eigenvalue weighted by Gasteiger charge is 2.30. The van der Waals surface area contributed by atoms with E-state index in [0.29, 0.717) is 23.3 Å². The Hall–Kier alpha value is -2.54. The van der Waals surface area contributed by atoms with Gasteiger partial charge in [0.25, 0.3) is 11.5 Å². The first-order valence-electron chi connectivity index (χ1n) is 9.19. The molecule has 3 heterocycles. The Morgan fingerprint density at radius 2 is 2.22 bits per heavy atom. The summed E-state index contributed by atoms with van der Waals surface area (Å²) < 4.78 is 13.5. The summed E-state index contributed by atoms with van der Waals surface area (Å²) in [4.78, 5) is 36.2. The molecule has 5 nitrogen and oxygen atoms in total. The minimum Gasteiger partial charge on any atom is -0.335 e. The highest BCUT2D eigenvalue weighted by molar-refractivity contribution is 7.18. The van der Waals surface area contributed by atoms with Gasteiger partial charge in [-0.1, -0.05) is 12.1 Å². The third-order valence-electron chi connectivity index (χ3n) is 5.57. The van der Waals surface area contributed by atoms with Gasteiger partial charge in [0.15, 0.2) is 0 Å². The van der Waals surface area contributed by atoms with E-state index in [1.165, 1.54) is 28.3 Å². The molecule has 1 aliphatic heterocycles. The number of fused-ring (bicyclic) bond motifs is 3. The van der Waals surface area contributed by atoms with Crippen LogP contribution in [0.25, 0.3) is 10.2 Å². The van der Waals surface area contributed by atoms with Crippen LogP contribution in [-0.4, -0.2) is 33.9 Å². The Morgan fingerprint density at radius 3 is 3.07 bits per heavy atom. The molecule has 0 radical (unpaired) electrons. The Bertz CT molecular complexity index is 1120. The van der Waals surface area contributed by atoms with Crippen molar-refractivity contribution >= 4 is 27.5 Å². The Kier molecular flexibility index (Phi) is 3.86. The summed E-state index contributed by atoms with van der Waals surface area (Å²) in [5, 5.41) is 0.656. The van der Waals surface area contributed by atoms with E-state index in [1.807, 2.05) is 6.07 Å². The monoisotopic (exact) mass is 383 g/mol. The first-order chi connectivity index (χ1) is 13.1. The van der Waals surface area contributed by atoms with Gasteiger partial charge < -0.3 is 9.88 Å². The van der Waals surface area contributed by atoms with E-state index in [4.69, 9.17) is 0 Å². The van der Waals surface area contributed by atoms with Gasteiger partial charge in [0, 0.05) is 23.9 Å². The zero-order valence-electron chi connectivity index (χ0n) is 14.6. The SMILES string of the molecule is O=C(c1nc2sc3c(c2c(=O)[nH]1)CCC3)N1CCC(c2cccc(F)c2)C1. The van der Waals surface area contributed by atoms with Gasteiger partial charge in [0.05, 0.1) is 5.39 Å². The number of H-pyrrole nitrogens is 1. The number of hydrogen-bond donors (Lipinski definition) is 1. The Morgan fingerprint density at radius 1 is 1.33 bits per heavy atom. The lowest BCUT2D eigenvalue weighted by atomic mass is 9.98. The first-order valence-corrected chi connectivity index (χ1v) is 10.0. The van der Waals surface area contributed by atoms with Crippen molar-refractivity contribution in [2.75, 3.05) is 13.1 Å². The lowest BCUT2D eigenvalue weighted by Crippen LogP contribution is -2.31. The standard InChI is InChI=1S/C20H18FN3O2S/c21-13-4-1-3-11(9-13)12-7-8-24(10-12)20(26)17-22-18(25)16-14-5-2-6-15(14)27-19(16)23-17/h1,3-4,9,12H,2,5-8,10H2,(H,22,23,25). The smallest absolute Gasteiger partial charge is 0.289 e. The lowest BCUT2D eigenvalue weighted by molar-refractivity contribution is 0.0779. The molecule has 1 amide bonds. The van der Waals surface area contributed by atoms with Crippen molar-refractivity contribution in [2.24, 2.45) is 0 Å². The zero-order valence-corrected chi connectivity index (χ0v) is 15.4. The molecular weight excluding hydrogens is 365 g/mol. The van der Waals surface area contributed by atoms with Crippen molar-refractivity contribution in [1.29, 1.82) is 0 Å². The molecule has 1 fully saturated rings. The quantitative estimate of drug-likeness (QED) is 0.739. The molecule has 1 aliphatic carbocycles. The van der Waals surface area contributed by atoms with Crippen LogP contribution in [0.2, 0.25) is 0 Å². The number of aryl methyl sites for hydroxylation is 2. The number of nitrogens with one attached hydrogen (secondary N) is 1. The molecular formula is C20H18FN3O2S. The van der Waals surface area contributed by atoms with E-state index in [9.17, 15) is 14.0 Å². The summed E-state index contributed by atoms with van der Waals surface area (Å²) in [5.41, 5.74) is 1.79. The largest absolute Gasteiger partial charge is 0.335 e. The van der Waals surface area contributed by atoms with Crippen molar-refractivity contribution in [2.45, 2.75) is 31.6 Å². The molecule has 1 atom stereocenters. The van der Waals surface area contributed by atoms with Gasteiger partial charge in [-0.05, 0) is 48.9 Å². The number of benzene rings is 1. The number of aromatic nitrogens is 2. The van der Waals surface area contributed by atoms with Crippen LogP contribution < -0.4 is 5.56 Å². The summed E-state index contributed by atoms with van der Waals surface area (Å²) in [5.74, 6) is -0.320. The molecule has 138 valence electrons. The number of carbonyl (C=O) groups is 1. The summed E-state index contributed by atoms with van der Waals surface area (Å²) in [7, 11) is 0. The van der Waals surface area contributed by atoms with E-state index in [1.54, 1.807) is 11.0 Å². The third-order valence-corrected chi connectivity index (χ3v) is 6.76. The second kappa shape index (κ2) is 6.27. The van der Waals surface area contributed by atoms with Crippen LogP contribution in [0.4, 0.5) is 4.39 Å². The van der Waals surface area contributed by atoms with Gasteiger partial charge in [-0.25, -0.2) is 9.37 Å². The molecule has 27 heavy (non-hydrogen) atoms. The maximum absolute atomic E-state index is 13.5. The summed E-state index contributed by atoms with van der Waals surface area (Å²) in [6.07, 6.45) is 3.75. The fraction of sp³-hybridized carbons (Fsp3) is 0.350. The van der Waals surface area contributed by atoms with Crippen LogP contribution in [0.3, 0.4) is 0 Å². The third kappa shape index (κ3) is 2.77. The van der Waals surface area contributed by atoms with Crippen molar-refractivity contribution in [3.05, 3.63) is 62.3 Å². The number of hydrogen-bond acceptors (Lipinski definition) is 4. The normalized spacial score (nSPS) is 19.0. The predicted molar refractivity (Wildman–Crippen MR) is 102 cm³/mol. The maximum Gasteiger partial charge on any atom is 0.289 e. The van der Waals surface area contributed by atoms with E-state index in [0.717, 1.165) is 36.8 Å². The van der Waals surface area contributed by atoms with Crippen LogP contribution in [0.1, 0.15) is 45.4 Å². The number of carbonyl (C=O) groups excluding carboxylic acids is 1. The van der Waals surface area contributed by atoms with Gasteiger partial charge in [-0.3, -0.25) is 9.59 Å². The topological polar surface area (TPSA) is 66.1 Å². The van der Waals surface area contributed by atoms with Gasteiger partial charge in [-0.15, -0.1) is 11.3 Å². The van der Waals surface area contributed by atoms with E-state index in [2.05, 4.69) is 9.97 Å². The second-order valence-corrected chi connectivity index (χ2v) is 8.33. The molecule has 0 spiro atoms. The fourth-order valence-corrected chi connectivity index (χ4v) is 5.49. The minimum absolute atomic E-state index is 0.102. The Labute approximate surface area is 158 Å².